The highest BCUT2D eigenvalue weighted by Crippen LogP contribution is 2.23. The quantitative estimate of drug-likeness (QED) is 0.665. The second kappa shape index (κ2) is 8.60. The minimum atomic E-state index is -1.45. The van der Waals surface area contributed by atoms with Crippen LogP contribution in [0.2, 0.25) is 0 Å². The van der Waals surface area contributed by atoms with Crippen molar-refractivity contribution in [1.29, 1.82) is 0 Å². The highest BCUT2D eigenvalue weighted by Gasteiger charge is 2.19. The van der Waals surface area contributed by atoms with Gasteiger partial charge in [0, 0.05) is 36.8 Å². The summed E-state index contributed by atoms with van der Waals surface area (Å²) in [4.78, 5) is 19.5. The maximum Gasteiger partial charge on any atom is 0.253 e. The molecule has 1 aliphatic heterocycles. The van der Waals surface area contributed by atoms with Gasteiger partial charge in [0.1, 0.15) is 16.9 Å². The number of pyridine rings is 1. The summed E-state index contributed by atoms with van der Waals surface area (Å²) < 4.78 is 15.8. The SMILES string of the molecule is O=C(c1ccc(N[S+]([O-])c2cccc3cccnc23)cc1)N1CCCNCC1. The topological polar surface area (TPSA) is 80.3 Å². The number of para-hydroxylation sites is 1. The Morgan fingerprint density at radius 1 is 1.07 bits per heavy atom. The van der Waals surface area contributed by atoms with Crippen LogP contribution in [0.1, 0.15) is 16.8 Å². The molecule has 1 unspecified atom stereocenters. The zero-order chi connectivity index (χ0) is 19.3. The molecule has 144 valence electrons. The van der Waals surface area contributed by atoms with Crippen LogP contribution in [0.15, 0.2) is 65.7 Å². The van der Waals surface area contributed by atoms with Gasteiger partial charge in [0.25, 0.3) is 5.91 Å². The lowest BCUT2D eigenvalue weighted by Gasteiger charge is -2.20. The van der Waals surface area contributed by atoms with Crippen LogP contribution in [0.25, 0.3) is 10.9 Å². The van der Waals surface area contributed by atoms with Crippen molar-refractivity contribution in [3.8, 4) is 0 Å². The first-order valence-corrected chi connectivity index (χ1v) is 10.5. The van der Waals surface area contributed by atoms with E-state index in [1.807, 2.05) is 35.2 Å². The fourth-order valence-electron chi connectivity index (χ4n) is 3.30. The first-order chi connectivity index (χ1) is 13.7. The van der Waals surface area contributed by atoms with Crippen LogP contribution in [-0.2, 0) is 11.4 Å². The van der Waals surface area contributed by atoms with Gasteiger partial charge in [-0.05, 0) is 49.4 Å². The molecule has 1 fully saturated rings. The van der Waals surface area contributed by atoms with Crippen LogP contribution in [0.5, 0.6) is 0 Å². The fourth-order valence-corrected chi connectivity index (χ4v) is 4.31. The molecular weight excluding hydrogens is 372 g/mol. The molecule has 7 heteroatoms. The molecule has 1 saturated heterocycles. The molecule has 1 atom stereocenters. The third kappa shape index (κ3) is 4.11. The van der Waals surface area contributed by atoms with Crippen molar-refractivity contribution in [1.82, 2.24) is 15.2 Å². The second-order valence-electron chi connectivity index (χ2n) is 6.68. The van der Waals surface area contributed by atoms with Crippen molar-refractivity contribution in [3.05, 3.63) is 66.4 Å². The van der Waals surface area contributed by atoms with Crippen LogP contribution in [0, 0.1) is 0 Å². The number of aromatic nitrogens is 1. The van der Waals surface area contributed by atoms with Crippen LogP contribution in [-0.4, -0.2) is 46.5 Å². The molecule has 0 aliphatic carbocycles. The molecule has 2 aromatic carbocycles. The van der Waals surface area contributed by atoms with Crippen molar-refractivity contribution in [2.75, 3.05) is 30.9 Å². The van der Waals surface area contributed by atoms with Gasteiger partial charge in [-0.2, -0.15) is 0 Å². The molecule has 1 aromatic heterocycles. The molecule has 1 amide bonds. The third-order valence-electron chi connectivity index (χ3n) is 4.77. The van der Waals surface area contributed by atoms with Gasteiger partial charge in [-0.3, -0.25) is 9.78 Å². The predicted molar refractivity (Wildman–Crippen MR) is 112 cm³/mol. The van der Waals surface area contributed by atoms with E-state index in [1.54, 1.807) is 30.5 Å². The van der Waals surface area contributed by atoms with Gasteiger partial charge in [0.05, 0.1) is 5.69 Å². The summed E-state index contributed by atoms with van der Waals surface area (Å²) in [6, 6.07) is 16.6. The van der Waals surface area contributed by atoms with Gasteiger partial charge >= 0.3 is 0 Å². The molecular formula is C21H22N4O2S. The molecule has 6 nitrogen and oxygen atoms in total. The van der Waals surface area contributed by atoms with Crippen LogP contribution in [0.4, 0.5) is 5.69 Å². The number of fused-ring (bicyclic) bond motifs is 1. The van der Waals surface area contributed by atoms with E-state index >= 15 is 0 Å². The zero-order valence-corrected chi connectivity index (χ0v) is 16.2. The average Bonchev–Trinajstić information content (AvgIpc) is 3.03. The number of carbonyl (C=O) groups excluding carboxylic acids is 1. The van der Waals surface area contributed by atoms with Crippen LogP contribution in [0.3, 0.4) is 0 Å². The van der Waals surface area contributed by atoms with E-state index < -0.39 is 11.4 Å². The van der Waals surface area contributed by atoms with Gasteiger partial charge in [-0.15, -0.1) is 0 Å². The van der Waals surface area contributed by atoms with Gasteiger partial charge in [-0.1, -0.05) is 18.2 Å². The summed E-state index contributed by atoms with van der Waals surface area (Å²) in [7, 11) is 0. The molecule has 28 heavy (non-hydrogen) atoms. The molecule has 0 radical (unpaired) electrons. The second-order valence-corrected chi connectivity index (χ2v) is 7.86. The van der Waals surface area contributed by atoms with Crippen LogP contribution >= 0.6 is 0 Å². The highest BCUT2D eigenvalue weighted by atomic mass is 32.2. The van der Waals surface area contributed by atoms with Gasteiger partial charge < -0.3 is 14.8 Å². The number of amides is 1. The number of hydrogen-bond acceptors (Lipinski definition) is 5. The minimum Gasteiger partial charge on any atom is -0.588 e. The summed E-state index contributed by atoms with van der Waals surface area (Å²) in [6.45, 7) is 3.26. The lowest BCUT2D eigenvalue weighted by molar-refractivity contribution is 0.0766. The summed E-state index contributed by atoms with van der Waals surface area (Å²) in [6.07, 6.45) is 2.66. The van der Waals surface area contributed by atoms with E-state index in [0.717, 1.165) is 43.5 Å². The zero-order valence-electron chi connectivity index (χ0n) is 15.4. The number of nitrogens with zero attached hydrogens (tertiary/aromatic N) is 2. The lowest BCUT2D eigenvalue weighted by Crippen LogP contribution is -2.34. The van der Waals surface area contributed by atoms with Crippen molar-refractivity contribution in [2.24, 2.45) is 0 Å². The van der Waals surface area contributed by atoms with E-state index in [2.05, 4.69) is 15.0 Å². The molecule has 1 aliphatic rings. The third-order valence-corrected chi connectivity index (χ3v) is 5.92. The Labute approximate surface area is 167 Å². The first kappa shape index (κ1) is 18.7. The predicted octanol–water partition coefficient (Wildman–Crippen LogP) is 2.80. The summed E-state index contributed by atoms with van der Waals surface area (Å²) in [5, 5.41) is 4.25. The van der Waals surface area contributed by atoms with Crippen molar-refractivity contribution < 1.29 is 9.35 Å². The fraction of sp³-hybridized carbons (Fsp3) is 0.238. The number of nitrogens with one attached hydrogen (secondary N) is 2. The summed E-state index contributed by atoms with van der Waals surface area (Å²) >= 11 is -1.45. The van der Waals surface area contributed by atoms with E-state index in [4.69, 9.17) is 0 Å². The monoisotopic (exact) mass is 394 g/mol. The smallest absolute Gasteiger partial charge is 0.253 e. The van der Waals surface area contributed by atoms with Crippen molar-refractivity contribution in [3.63, 3.8) is 0 Å². The Kier molecular flexibility index (Phi) is 5.76. The standard InChI is InChI=1S/C21H22N4O2S/c26-21(25-14-3-11-22-13-15-25)17-7-9-18(10-8-17)24-28(27)19-6-1-4-16-5-2-12-23-20(16)19/h1-2,4-10,12,22,24H,3,11,13-15H2. The molecule has 2 heterocycles. The Bertz CT molecular complexity index is 951. The van der Waals surface area contributed by atoms with Crippen LogP contribution < -0.4 is 10.0 Å². The van der Waals surface area contributed by atoms with E-state index in [-0.39, 0.29) is 5.91 Å². The Balaban J connectivity index is 1.47. The number of rotatable bonds is 4. The number of anilines is 1. The molecule has 0 spiro atoms. The molecule has 3 aromatic rings. The van der Waals surface area contributed by atoms with E-state index in [1.165, 1.54) is 0 Å². The van der Waals surface area contributed by atoms with Crippen molar-refractivity contribution >= 4 is 33.9 Å². The molecule has 4 rings (SSSR count). The number of carbonyl (C=O) groups is 1. The Hall–Kier alpha value is -2.61. The number of benzene rings is 2. The Morgan fingerprint density at radius 2 is 1.89 bits per heavy atom. The normalized spacial score (nSPS) is 15.8. The van der Waals surface area contributed by atoms with Crippen molar-refractivity contribution in [2.45, 2.75) is 11.3 Å². The maximum atomic E-state index is 12.8. The summed E-state index contributed by atoms with van der Waals surface area (Å²) in [5.74, 6) is 0.0367. The molecule has 0 saturated carbocycles. The highest BCUT2D eigenvalue weighted by molar-refractivity contribution is 7.93. The largest absolute Gasteiger partial charge is 0.588 e. The van der Waals surface area contributed by atoms with E-state index in [0.29, 0.717) is 16.1 Å². The summed E-state index contributed by atoms with van der Waals surface area (Å²) in [5.41, 5.74) is 2.06. The first-order valence-electron chi connectivity index (χ1n) is 9.34. The maximum absolute atomic E-state index is 12.8. The Morgan fingerprint density at radius 3 is 2.75 bits per heavy atom. The number of hydrogen-bond donors (Lipinski definition) is 2. The lowest BCUT2D eigenvalue weighted by atomic mass is 10.2. The molecule has 2 N–H and O–H groups in total. The molecule has 0 bridgehead atoms. The van der Waals surface area contributed by atoms with E-state index in [9.17, 15) is 9.35 Å². The van der Waals surface area contributed by atoms with Gasteiger partial charge in [0.2, 0.25) is 4.90 Å². The minimum absolute atomic E-state index is 0.0367. The average molecular weight is 395 g/mol. The van der Waals surface area contributed by atoms with Gasteiger partial charge in [-0.25, -0.2) is 4.72 Å². The van der Waals surface area contributed by atoms with Gasteiger partial charge in [0.15, 0.2) is 0 Å².